The van der Waals surface area contributed by atoms with E-state index in [0.29, 0.717) is 23.9 Å². The third-order valence-corrected chi connectivity index (χ3v) is 8.01. The summed E-state index contributed by atoms with van der Waals surface area (Å²) < 4.78 is 0. The molecule has 4 N–H and O–H groups in total. The van der Waals surface area contributed by atoms with E-state index in [-0.39, 0.29) is 0 Å². The summed E-state index contributed by atoms with van der Waals surface area (Å²) in [5.74, 6) is 1.93. The Morgan fingerprint density at radius 1 is 0.829 bits per heavy atom. The molecule has 0 bridgehead atoms. The van der Waals surface area contributed by atoms with Crippen molar-refractivity contribution in [3.05, 3.63) is 70.8 Å². The molecule has 1 saturated heterocycles. The highest BCUT2D eigenvalue weighted by Crippen LogP contribution is 2.22. The minimum atomic E-state index is 0.543. The molecule has 2 aromatic carbocycles. The molecule has 0 spiro atoms. The van der Waals surface area contributed by atoms with Crippen LogP contribution in [-0.2, 0) is 12.8 Å². The monoisotopic (exact) mass is 477 g/mol. The van der Waals surface area contributed by atoms with Gasteiger partial charge in [-0.15, -0.1) is 0 Å². The summed E-state index contributed by atoms with van der Waals surface area (Å²) in [6.45, 7) is 12.1. The zero-order valence-corrected chi connectivity index (χ0v) is 22.9. The van der Waals surface area contributed by atoms with Crippen LogP contribution in [0.5, 0.6) is 0 Å². The molecule has 0 radical (unpaired) electrons. The Kier molecular flexibility index (Phi) is 11.8. The van der Waals surface area contributed by atoms with Crippen molar-refractivity contribution < 1.29 is 0 Å². The summed E-state index contributed by atoms with van der Waals surface area (Å²) in [7, 11) is 0. The minimum absolute atomic E-state index is 0.543. The summed E-state index contributed by atoms with van der Waals surface area (Å²) in [5, 5.41) is 7.73. The first-order chi connectivity index (χ1) is 17.0. The van der Waals surface area contributed by atoms with Crippen molar-refractivity contribution in [2.45, 2.75) is 103 Å². The van der Waals surface area contributed by atoms with Crippen LogP contribution in [0.1, 0.15) is 100 Å². The first-order valence-corrected chi connectivity index (χ1v) is 14.3. The number of benzene rings is 2. The lowest BCUT2D eigenvalue weighted by molar-refractivity contribution is 0.251. The maximum absolute atomic E-state index is 5.90. The van der Waals surface area contributed by atoms with Gasteiger partial charge in [-0.1, -0.05) is 76.2 Å². The number of hydrogen-bond donors (Lipinski definition) is 3. The molecule has 35 heavy (non-hydrogen) atoms. The van der Waals surface area contributed by atoms with Crippen LogP contribution < -0.4 is 16.4 Å². The van der Waals surface area contributed by atoms with Gasteiger partial charge in [0.2, 0.25) is 0 Å². The Bertz CT molecular complexity index is 767. The molecule has 1 fully saturated rings. The number of nitrogens with two attached hydrogens (primary N) is 1. The number of nitrogens with one attached hydrogen (secondary N) is 2. The molecule has 0 amide bonds. The molecule has 2 unspecified atom stereocenters. The molecule has 1 heterocycles. The SMILES string of the molecule is CC(C)c1ccc(CCC(CCc2ccc(C(C)C)cc2)NCCC2NCCCC2CCN)cc1. The van der Waals surface area contributed by atoms with Crippen molar-refractivity contribution in [1.29, 1.82) is 0 Å². The smallest absolute Gasteiger partial charge is 0.0108 e. The predicted octanol–water partition coefficient (Wildman–Crippen LogP) is 6.56. The number of aryl methyl sites for hydroxylation is 2. The van der Waals surface area contributed by atoms with E-state index in [9.17, 15) is 0 Å². The summed E-state index contributed by atoms with van der Waals surface area (Å²) in [4.78, 5) is 0. The average Bonchev–Trinajstić information content (AvgIpc) is 2.87. The lowest BCUT2D eigenvalue weighted by Crippen LogP contribution is -2.44. The van der Waals surface area contributed by atoms with Crippen molar-refractivity contribution >= 4 is 0 Å². The fourth-order valence-corrected chi connectivity index (χ4v) is 5.53. The summed E-state index contributed by atoms with van der Waals surface area (Å²) >= 11 is 0. The molecule has 0 saturated carbocycles. The van der Waals surface area contributed by atoms with E-state index >= 15 is 0 Å². The lowest BCUT2D eigenvalue weighted by Gasteiger charge is -2.33. The van der Waals surface area contributed by atoms with Gasteiger partial charge < -0.3 is 16.4 Å². The van der Waals surface area contributed by atoms with Gasteiger partial charge in [-0.05, 0) is 111 Å². The molecule has 1 aliphatic rings. The summed E-state index contributed by atoms with van der Waals surface area (Å²) in [6, 6.07) is 19.7. The zero-order valence-electron chi connectivity index (χ0n) is 22.9. The first kappa shape index (κ1) is 27.9. The van der Waals surface area contributed by atoms with E-state index in [0.717, 1.165) is 44.8 Å². The maximum Gasteiger partial charge on any atom is 0.0108 e. The van der Waals surface area contributed by atoms with Crippen molar-refractivity contribution in [2.24, 2.45) is 11.7 Å². The van der Waals surface area contributed by atoms with E-state index < -0.39 is 0 Å². The van der Waals surface area contributed by atoms with Gasteiger partial charge >= 0.3 is 0 Å². The van der Waals surface area contributed by atoms with Crippen LogP contribution in [0.25, 0.3) is 0 Å². The van der Waals surface area contributed by atoms with Crippen LogP contribution in [0, 0.1) is 5.92 Å². The highest BCUT2D eigenvalue weighted by atomic mass is 15.0. The second-order valence-corrected chi connectivity index (χ2v) is 11.3. The Hall–Kier alpha value is -1.68. The summed E-state index contributed by atoms with van der Waals surface area (Å²) in [5.41, 5.74) is 11.7. The Labute approximate surface area is 215 Å². The molecule has 1 aliphatic heterocycles. The van der Waals surface area contributed by atoms with Gasteiger partial charge in [-0.2, -0.15) is 0 Å². The summed E-state index contributed by atoms with van der Waals surface area (Å²) in [6.07, 6.45) is 9.64. The van der Waals surface area contributed by atoms with Gasteiger partial charge in [-0.3, -0.25) is 0 Å². The quantitative estimate of drug-likeness (QED) is 0.289. The van der Waals surface area contributed by atoms with Crippen LogP contribution >= 0.6 is 0 Å². The van der Waals surface area contributed by atoms with Gasteiger partial charge in [0, 0.05) is 12.1 Å². The number of hydrogen-bond acceptors (Lipinski definition) is 3. The van der Waals surface area contributed by atoms with Crippen LogP contribution in [0.3, 0.4) is 0 Å². The zero-order chi connectivity index (χ0) is 25.0. The lowest BCUT2D eigenvalue weighted by atomic mass is 9.86. The predicted molar refractivity (Wildman–Crippen MR) is 152 cm³/mol. The van der Waals surface area contributed by atoms with Gasteiger partial charge in [0.05, 0.1) is 0 Å². The second kappa shape index (κ2) is 14.8. The Balaban J connectivity index is 1.55. The molecular weight excluding hydrogens is 426 g/mol. The van der Waals surface area contributed by atoms with Crippen molar-refractivity contribution in [3.8, 4) is 0 Å². The molecule has 0 aliphatic carbocycles. The molecule has 2 atom stereocenters. The largest absolute Gasteiger partial charge is 0.330 e. The van der Waals surface area contributed by atoms with Gasteiger partial charge in [0.15, 0.2) is 0 Å². The van der Waals surface area contributed by atoms with E-state index in [1.165, 1.54) is 54.4 Å². The Morgan fingerprint density at radius 2 is 1.37 bits per heavy atom. The highest BCUT2D eigenvalue weighted by molar-refractivity contribution is 5.26. The van der Waals surface area contributed by atoms with Crippen molar-refractivity contribution in [1.82, 2.24) is 10.6 Å². The van der Waals surface area contributed by atoms with Crippen LogP contribution in [-0.4, -0.2) is 31.7 Å². The van der Waals surface area contributed by atoms with Crippen molar-refractivity contribution in [2.75, 3.05) is 19.6 Å². The van der Waals surface area contributed by atoms with Crippen molar-refractivity contribution in [3.63, 3.8) is 0 Å². The molecule has 194 valence electrons. The second-order valence-electron chi connectivity index (χ2n) is 11.3. The standard InChI is InChI=1S/C32H51N3/c1-24(2)28-13-7-26(8-14-28)11-17-31(18-12-27-9-15-29(16-10-27)25(3)4)34-23-20-32-30(19-21-33)6-5-22-35-32/h7-10,13-16,24-25,30-32,34-35H,5-6,11-12,17-23,33H2,1-4H3. The fraction of sp³-hybridized carbons (Fsp3) is 0.625. The number of piperidine rings is 1. The number of rotatable bonds is 14. The van der Waals surface area contributed by atoms with E-state index in [1.54, 1.807) is 0 Å². The topological polar surface area (TPSA) is 50.1 Å². The van der Waals surface area contributed by atoms with Gasteiger partial charge in [0.25, 0.3) is 0 Å². The van der Waals surface area contributed by atoms with E-state index in [2.05, 4.69) is 86.9 Å². The molecule has 2 aromatic rings. The third-order valence-electron chi connectivity index (χ3n) is 8.01. The molecule has 0 aromatic heterocycles. The molecule has 3 rings (SSSR count). The van der Waals surface area contributed by atoms with E-state index in [1.807, 2.05) is 0 Å². The molecule has 3 heteroatoms. The highest BCUT2D eigenvalue weighted by Gasteiger charge is 2.23. The van der Waals surface area contributed by atoms with Crippen LogP contribution in [0.4, 0.5) is 0 Å². The van der Waals surface area contributed by atoms with E-state index in [4.69, 9.17) is 5.73 Å². The van der Waals surface area contributed by atoms with Crippen LogP contribution in [0.15, 0.2) is 48.5 Å². The van der Waals surface area contributed by atoms with Gasteiger partial charge in [-0.25, -0.2) is 0 Å². The average molecular weight is 478 g/mol. The first-order valence-electron chi connectivity index (χ1n) is 14.3. The third kappa shape index (κ3) is 9.37. The maximum atomic E-state index is 5.90. The minimum Gasteiger partial charge on any atom is -0.330 e. The molecule has 3 nitrogen and oxygen atoms in total. The van der Waals surface area contributed by atoms with Crippen LogP contribution in [0.2, 0.25) is 0 Å². The fourth-order valence-electron chi connectivity index (χ4n) is 5.53. The normalized spacial score (nSPS) is 18.6. The molecular formula is C32H51N3. The van der Waals surface area contributed by atoms with Gasteiger partial charge in [0.1, 0.15) is 0 Å². The Morgan fingerprint density at radius 3 is 1.86 bits per heavy atom.